The number of halogens is 1. The Labute approximate surface area is 125 Å². The molecule has 0 spiro atoms. The summed E-state index contributed by atoms with van der Waals surface area (Å²) in [5.74, 6) is 0. The molecule has 2 N–H and O–H groups in total. The normalized spacial score (nSPS) is 14.5. The highest BCUT2D eigenvalue weighted by Crippen LogP contribution is 2.26. The van der Waals surface area contributed by atoms with Crippen molar-refractivity contribution in [3.05, 3.63) is 52.8 Å². The van der Waals surface area contributed by atoms with Crippen LogP contribution < -0.4 is 5.73 Å². The van der Waals surface area contributed by atoms with Gasteiger partial charge in [0, 0.05) is 42.5 Å². The number of aromatic nitrogens is 2. The molecule has 2 rings (SSSR count). The minimum Gasteiger partial charge on any atom is -0.326 e. The van der Waals surface area contributed by atoms with Crippen molar-refractivity contribution in [3.8, 4) is 0 Å². The van der Waals surface area contributed by atoms with Gasteiger partial charge in [0.2, 0.25) is 0 Å². The molecule has 1 aromatic heterocycles. The fourth-order valence-electron chi connectivity index (χ4n) is 2.59. The molecule has 0 aliphatic heterocycles. The molecule has 0 bridgehead atoms. The molecular weight excluding hydrogens is 272 g/mol. The van der Waals surface area contributed by atoms with Gasteiger partial charge in [-0.05, 0) is 31.7 Å². The van der Waals surface area contributed by atoms with Crippen LogP contribution >= 0.6 is 11.6 Å². The van der Waals surface area contributed by atoms with Gasteiger partial charge in [-0.15, -0.1) is 0 Å². The first-order valence-corrected chi connectivity index (χ1v) is 7.04. The smallest absolute Gasteiger partial charge is 0.0534 e. The van der Waals surface area contributed by atoms with E-state index in [4.69, 9.17) is 17.3 Å². The molecule has 1 aromatic carbocycles. The van der Waals surface area contributed by atoms with Gasteiger partial charge in [0.25, 0.3) is 0 Å². The standard InChI is InChI=1S/C15H21ClN4/c1-11(17)15(13-5-4-6-14(16)7-13)19(2)9-12-8-18-20(3)10-12/h4-8,10-11,15H,9,17H2,1-3H3. The average Bonchev–Trinajstić information content (AvgIpc) is 2.74. The Balaban J connectivity index is 2.20. The number of hydrogen-bond donors (Lipinski definition) is 1. The summed E-state index contributed by atoms with van der Waals surface area (Å²) >= 11 is 6.09. The number of nitrogens with two attached hydrogens (primary N) is 1. The summed E-state index contributed by atoms with van der Waals surface area (Å²) in [6.45, 7) is 2.82. The molecule has 0 amide bonds. The van der Waals surface area contributed by atoms with E-state index in [1.165, 1.54) is 5.56 Å². The highest BCUT2D eigenvalue weighted by molar-refractivity contribution is 6.30. The quantitative estimate of drug-likeness (QED) is 0.921. The highest BCUT2D eigenvalue weighted by atomic mass is 35.5. The molecule has 0 fully saturated rings. The summed E-state index contributed by atoms with van der Waals surface area (Å²) in [6, 6.07) is 8.02. The topological polar surface area (TPSA) is 47.1 Å². The number of aryl methyl sites for hydroxylation is 1. The van der Waals surface area contributed by atoms with Gasteiger partial charge in [0.05, 0.1) is 6.20 Å². The van der Waals surface area contributed by atoms with E-state index < -0.39 is 0 Å². The lowest BCUT2D eigenvalue weighted by atomic mass is 9.99. The van der Waals surface area contributed by atoms with Gasteiger partial charge in [-0.3, -0.25) is 9.58 Å². The van der Waals surface area contributed by atoms with Gasteiger partial charge in [-0.25, -0.2) is 0 Å². The predicted molar refractivity (Wildman–Crippen MR) is 82.5 cm³/mol. The van der Waals surface area contributed by atoms with E-state index >= 15 is 0 Å². The molecule has 2 atom stereocenters. The lowest BCUT2D eigenvalue weighted by Gasteiger charge is -2.31. The number of likely N-dealkylation sites (N-methyl/N-ethyl adjacent to an activating group) is 1. The van der Waals surface area contributed by atoms with Gasteiger partial charge in [-0.2, -0.15) is 5.10 Å². The Morgan fingerprint density at radius 2 is 2.20 bits per heavy atom. The van der Waals surface area contributed by atoms with E-state index in [-0.39, 0.29) is 12.1 Å². The Morgan fingerprint density at radius 3 is 2.75 bits per heavy atom. The molecule has 4 nitrogen and oxygen atoms in total. The van der Waals surface area contributed by atoms with Crippen LogP contribution in [0.25, 0.3) is 0 Å². The molecular formula is C15H21ClN4. The molecule has 20 heavy (non-hydrogen) atoms. The van der Waals surface area contributed by atoms with Crippen LogP contribution in [0.1, 0.15) is 24.1 Å². The highest BCUT2D eigenvalue weighted by Gasteiger charge is 2.21. The van der Waals surface area contributed by atoms with Crippen molar-refractivity contribution in [1.82, 2.24) is 14.7 Å². The summed E-state index contributed by atoms with van der Waals surface area (Å²) in [6.07, 6.45) is 3.90. The van der Waals surface area contributed by atoms with E-state index in [1.807, 2.05) is 49.2 Å². The Bertz CT molecular complexity index is 565. The van der Waals surface area contributed by atoms with Gasteiger partial charge >= 0.3 is 0 Å². The maximum absolute atomic E-state index is 6.17. The van der Waals surface area contributed by atoms with Crippen molar-refractivity contribution in [3.63, 3.8) is 0 Å². The fraction of sp³-hybridized carbons (Fsp3) is 0.400. The van der Waals surface area contributed by atoms with Crippen molar-refractivity contribution < 1.29 is 0 Å². The average molecular weight is 293 g/mol. The lowest BCUT2D eigenvalue weighted by molar-refractivity contribution is 0.211. The van der Waals surface area contributed by atoms with Crippen molar-refractivity contribution in [2.45, 2.75) is 25.6 Å². The van der Waals surface area contributed by atoms with Crippen LogP contribution in [0.3, 0.4) is 0 Å². The van der Waals surface area contributed by atoms with Crippen molar-refractivity contribution in [1.29, 1.82) is 0 Å². The zero-order chi connectivity index (χ0) is 14.7. The van der Waals surface area contributed by atoms with Gasteiger partial charge in [0.15, 0.2) is 0 Å². The molecule has 5 heteroatoms. The molecule has 0 aliphatic carbocycles. The van der Waals surface area contributed by atoms with Gasteiger partial charge in [-0.1, -0.05) is 23.7 Å². The zero-order valence-corrected chi connectivity index (χ0v) is 12.9. The van der Waals surface area contributed by atoms with E-state index in [0.29, 0.717) is 0 Å². The van der Waals surface area contributed by atoms with Crippen LogP contribution in [0.4, 0.5) is 0 Å². The molecule has 0 saturated carbocycles. The van der Waals surface area contributed by atoms with Crippen LogP contribution in [-0.2, 0) is 13.6 Å². The molecule has 1 heterocycles. The van der Waals surface area contributed by atoms with Crippen LogP contribution in [-0.4, -0.2) is 27.8 Å². The van der Waals surface area contributed by atoms with Crippen LogP contribution in [0.15, 0.2) is 36.7 Å². The van der Waals surface area contributed by atoms with Gasteiger partial charge < -0.3 is 5.73 Å². The van der Waals surface area contributed by atoms with E-state index in [0.717, 1.165) is 17.1 Å². The zero-order valence-electron chi connectivity index (χ0n) is 12.1. The molecule has 0 aliphatic rings. The summed E-state index contributed by atoms with van der Waals surface area (Å²) in [5.41, 5.74) is 8.48. The Kier molecular flexibility index (Phi) is 4.81. The third kappa shape index (κ3) is 3.60. The monoisotopic (exact) mass is 292 g/mol. The Hall–Kier alpha value is -1.36. The third-order valence-corrected chi connectivity index (χ3v) is 3.59. The summed E-state index contributed by atoms with van der Waals surface area (Å²) in [7, 11) is 3.99. The van der Waals surface area contributed by atoms with Crippen LogP contribution in [0.2, 0.25) is 5.02 Å². The number of nitrogens with zero attached hydrogens (tertiary/aromatic N) is 3. The summed E-state index contributed by atoms with van der Waals surface area (Å²) in [5, 5.41) is 4.94. The van der Waals surface area contributed by atoms with Crippen molar-refractivity contribution in [2.75, 3.05) is 7.05 Å². The number of hydrogen-bond acceptors (Lipinski definition) is 3. The molecule has 0 saturated heterocycles. The first kappa shape index (κ1) is 15.0. The number of benzene rings is 1. The van der Waals surface area contributed by atoms with Crippen molar-refractivity contribution >= 4 is 11.6 Å². The van der Waals surface area contributed by atoms with Crippen LogP contribution in [0.5, 0.6) is 0 Å². The van der Waals surface area contributed by atoms with E-state index in [9.17, 15) is 0 Å². The predicted octanol–water partition coefficient (Wildman–Crippen LogP) is 2.59. The molecule has 0 radical (unpaired) electrons. The number of rotatable bonds is 5. The first-order chi connectivity index (χ1) is 9.47. The van der Waals surface area contributed by atoms with Crippen LogP contribution in [0, 0.1) is 0 Å². The molecule has 2 unspecified atom stereocenters. The summed E-state index contributed by atoms with van der Waals surface area (Å²) in [4.78, 5) is 2.23. The Morgan fingerprint density at radius 1 is 1.45 bits per heavy atom. The maximum Gasteiger partial charge on any atom is 0.0534 e. The second-order valence-corrected chi connectivity index (χ2v) is 5.73. The third-order valence-electron chi connectivity index (χ3n) is 3.35. The second-order valence-electron chi connectivity index (χ2n) is 5.30. The second kappa shape index (κ2) is 6.39. The largest absolute Gasteiger partial charge is 0.326 e. The fourth-order valence-corrected chi connectivity index (χ4v) is 2.79. The minimum atomic E-state index is 0.00939. The van der Waals surface area contributed by atoms with E-state index in [2.05, 4.69) is 23.1 Å². The minimum absolute atomic E-state index is 0.00939. The lowest BCUT2D eigenvalue weighted by Crippen LogP contribution is -2.36. The SMILES string of the molecule is CC(N)C(c1cccc(Cl)c1)N(C)Cc1cnn(C)c1. The molecule has 108 valence electrons. The van der Waals surface area contributed by atoms with Gasteiger partial charge in [0.1, 0.15) is 0 Å². The van der Waals surface area contributed by atoms with E-state index in [1.54, 1.807) is 0 Å². The maximum atomic E-state index is 6.17. The molecule has 2 aromatic rings. The first-order valence-electron chi connectivity index (χ1n) is 6.66. The van der Waals surface area contributed by atoms with Crippen molar-refractivity contribution in [2.24, 2.45) is 12.8 Å². The summed E-state index contributed by atoms with van der Waals surface area (Å²) < 4.78 is 1.81.